The van der Waals surface area contributed by atoms with Crippen LogP contribution in [0.2, 0.25) is 10.0 Å². The van der Waals surface area contributed by atoms with Crippen LogP contribution in [0.1, 0.15) is 23.7 Å². The summed E-state index contributed by atoms with van der Waals surface area (Å²) in [6.45, 7) is 0. The van der Waals surface area contributed by atoms with Crippen molar-refractivity contribution in [3.05, 3.63) is 63.6 Å². The number of aliphatic hydroxyl groups excluding tert-OH is 1. The Labute approximate surface area is 128 Å². The van der Waals surface area contributed by atoms with Gasteiger partial charge in [0, 0.05) is 11.3 Å². The van der Waals surface area contributed by atoms with Crippen molar-refractivity contribution in [2.24, 2.45) is 0 Å². The van der Waals surface area contributed by atoms with Gasteiger partial charge in [0.05, 0.1) is 16.1 Å². The highest BCUT2D eigenvalue weighted by atomic mass is 35.5. The smallest absolute Gasteiger partial charge is 0.101 e. The third-order valence-electron chi connectivity index (χ3n) is 3.76. The lowest BCUT2D eigenvalue weighted by atomic mass is 9.92. The van der Waals surface area contributed by atoms with Crippen LogP contribution in [0.5, 0.6) is 0 Å². The molecule has 0 aromatic heterocycles. The van der Waals surface area contributed by atoms with Crippen molar-refractivity contribution in [3.8, 4) is 0 Å². The topological polar surface area (TPSA) is 32.3 Å². The van der Waals surface area contributed by atoms with Gasteiger partial charge in [0.15, 0.2) is 0 Å². The molecule has 0 saturated carbocycles. The molecule has 0 amide bonds. The van der Waals surface area contributed by atoms with E-state index in [0.29, 0.717) is 15.6 Å². The van der Waals surface area contributed by atoms with E-state index >= 15 is 0 Å². The molecule has 1 aliphatic rings. The van der Waals surface area contributed by atoms with E-state index in [-0.39, 0.29) is 6.04 Å². The molecule has 2 aromatic rings. The van der Waals surface area contributed by atoms with E-state index < -0.39 is 6.10 Å². The van der Waals surface area contributed by atoms with Gasteiger partial charge in [-0.05, 0) is 30.5 Å². The molecule has 2 unspecified atom stereocenters. The molecule has 4 heteroatoms. The number of benzene rings is 2. The highest BCUT2D eigenvalue weighted by Gasteiger charge is 2.27. The molecule has 2 atom stereocenters. The number of hydrogen-bond donors (Lipinski definition) is 2. The molecule has 1 heterocycles. The molecule has 0 spiro atoms. The molecule has 0 aliphatic carbocycles. The number of fused-ring (bicyclic) bond motifs is 1. The number of aryl methyl sites for hydroxylation is 1. The minimum absolute atomic E-state index is 0.0548. The minimum atomic E-state index is -0.672. The summed E-state index contributed by atoms with van der Waals surface area (Å²) in [4.78, 5) is 0. The Bertz CT molecular complexity index is 630. The van der Waals surface area contributed by atoms with Crippen molar-refractivity contribution in [2.45, 2.75) is 25.0 Å². The number of halogens is 2. The molecule has 3 rings (SSSR count). The van der Waals surface area contributed by atoms with Gasteiger partial charge in [-0.1, -0.05) is 53.5 Å². The quantitative estimate of drug-likeness (QED) is 0.859. The number of aliphatic hydroxyl groups is 1. The SMILES string of the molecule is OC(c1cccc(Cl)c1Cl)C1CCc2ccccc2N1. The Morgan fingerprint density at radius 1 is 1.10 bits per heavy atom. The summed E-state index contributed by atoms with van der Waals surface area (Å²) in [6, 6.07) is 13.5. The van der Waals surface area contributed by atoms with Gasteiger partial charge in [-0.15, -0.1) is 0 Å². The maximum Gasteiger partial charge on any atom is 0.101 e. The largest absolute Gasteiger partial charge is 0.386 e. The second-order valence-corrected chi connectivity index (χ2v) is 5.82. The fourth-order valence-electron chi connectivity index (χ4n) is 2.66. The fraction of sp³-hybridized carbons (Fsp3) is 0.250. The Morgan fingerprint density at radius 2 is 1.90 bits per heavy atom. The molecule has 2 nitrogen and oxygen atoms in total. The monoisotopic (exact) mass is 307 g/mol. The molecule has 0 bridgehead atoms. The van der Waals surface area contributed by atoms with Gasteiger partial charge in [-0.25, -0.2) is 0 Å². The van der Waals surface area contributed by atoms with E-state index in [1.807, 2.05) is 30.3 Å². The van der Waals surface area contributed by atoms with E-state index in [9.17, 15) is 5.11 Å². The summed E-state index contributed by atoms with van der Waals surface area (Å²) in [5.41, 5.74) is 3.05. The van der Waals surface area contributed by atoms with E-state index in [1.54, 1.807) is 6.07 Å². The lowest BCUT2D eigenvalue weighted by molar-refractivity contribution is 0.149. The molecule has 0 radical (unpaired) electrons. The van der Waals surface area contributed by atoms with Crippen molar-refractivity contribution in [1.29, 1.82) is 0 Å². The zero-order valence-corrected chi connectivity index (χ0v) is 12.3. The number of rotatable bonds is 2. The zero-order valence-electron chi connectivity index (χ0n) is 10.8. The van der Waals surface area contributed by atoms with Crippen LogP contribution in [-0.4, -0.2) is 11.1 Å². The average Bonchev–Trinajstić information content (AvgIpc) is 2.49. The average molecular weight is 308 g/mol. The Balaban J connectivity index is 1.86. The molecular formula is C16H15Cl2NO. The second kappa shape index (κ2) is 5.65. The summed E-state index contributed by atoms with van der Waals surface area (Å²) in [5, 5.41) is 14.9. The molecule has 1 aliphatic heterocycles. The Morgan fingerprint density at radius 3 is 2.75 bits per heavy atom. The van der Waals surface area contributed by atoms with Crippen molar-refractivity contribution in [2.75, 3.05) is 5.32 Å². The summed E-state index contributed by atoms with van der Waals surface area (Å²) < 4.78 is 0. The third kappa shape index (κ3) is 2.51. The number of nitrogens with one attached hydrogen (secondary N) is 1. The normalized spacial score (nSPS) is 19.1. The first-order valence-corrected chi connectivity index (χ1v) is 7.39. The number of hydrogen-bond acceptors (Lipinski definition) is 2. The first-order valence-electron chi connectivity index (χ1n) is 6.63. The van der Waals surface area contributed by atoms with Gasteiger partial charge < -0.3 is 10.4 Å². The number of para-hydroxylation sites is 1. The minimum Gasteiger partial charge on any atom is -0.386 e. The van der Waals surface area contributed by atoms with Crippen LogP contribution >= 0.6 is 23.2 Å². The van der Waals surface area contributed by atoms with Gasteiger partial charge in [0.25, 0.3) is 0 Å². The van der Waals surface area contributed by atoms with Crippen LogP contribution in [0.25, 0.3) is 0 Å². The van der Waals surface area contributed by atoms with Gasteiger partial charge in [-0.3, -0.25) is 0 Å². The predicted octanol–water partition coefficient (Wildman–Crippen LogP) is 4.45. The fourth-order valence-corrected chi connectivity index (χ4v) is 3.08. The zero-order chi connectivity index (χ0) is 14.1. The first-order chi connectivity index (χ1) is 9.66. The van der Waals surface area contributed by atoms with Crippen LogP contribution in [0.3, 0.4) is 0 Å². The molecule has 2 aromatic carbocycles. The molecular weight excluding hydrogens is 293 g/mol. The van der Waals surface area contributed by atoms with Gasteiger partial charge >= 0.3 is 0 Å². The van der Waals surface area contributed by atoms with Crippen LogP contribution in [0, 0.1) is 0 Å². The summed E-state index contributed by atoms with van der Waals surface area (Å²) in [5.74, 6) is 0. The van der Waals surface area contributed by atoms with E-state index in [2.05, 4.69) is 11.4 Å². The standard InChI is InChI=1S/C16H15Cl2NO/c17-12-6-3-5-11(15(12)18)16(20)14-9-8-10-4-1-2-7-13(10)19-14/h1-7,14,16,19-20H,8-9H2. The maximum absolute atomic E-state index is 10.6. The lowest BCUT2D eigenvalue weighted by Crippen LogP contribution is -2.31. The van der Waals surface area contributed by atoms with Gasteiger partial charge in [0.1, 0.15) is 6.10 Å². The number of anilines is 1. The molecule has 0 fully saturated rings. The van der Waals surface area contributed by atoms with Crippen LogP contribution < -0.4 is 5.32 Å². The molecule has 20 heavy (non-hydrogen) atoms. The molecule has 2 N–H and O–H groups in total. The first kappa shape index (κ1) is 13.7. The summed E-state index contributed by atoms with van der Waals surface area (Å²) >= 11 is 12.2. The van der Waals surface area contributed by atoms with Crippen molar-refractivity contribution in [1.82, 2.24) is 0 Å². The Kier molecular flexibility index (Phi) is 3.88. The van der Waals surface area contributed by atoms with Crippen LogP contribution in [0.4, 0.5) is 5.69 Å². The van der Waals surface area contributed by atoms with Crippen molar-refractivity contribution in [3.63, 3.8) is 0 Å². The predicted molar refractivity (Wildman–Crippen MR) is 83.6 cm³/mol. The second-order valence-electron chi connectivity index (χ2n) is 5.03. The Hall–Kier alpha value is -1.22. The van der Waals surface area contributed by atoms with Crippen molar-refractivity contribution < 1.29 is 5.11 Å². The van der Waals surface area contributed by atoms with Gasteiger partial charge in [-0.2, -0.15) is 0 Å². The molecule has 104 valence electrons. The lowest BCUT2D eigenvalue weighted by Gasteiger charge is -2.31. The molecule has 0 saturated heterocycles. The van der Waals surface area contributed by atoms with E-state index in [4.69, 9.17) is 23.2 Å². The van der Waals surface area contributed by atoms with Crippen molar-refractivity contribution >= 4 is 28.9 Å². The maximum atomic E-state index is 10.6. The van der Waals surface area contributed by atoms with Gasteiger partial charge in [0.2, 0.25) is 0 Å². The van der Waals surface area contributed by atoms with Crippen LogP contribution in [-0.2, 0) is 6.42 Å². The summed E-state index contributed by atoms with van der Waals surface area (Å²) in [7, 11) is 0. The van der Waals surface area contributed by atoms with Crippen LogP contribution in [0.15, 0.2) is 42.5 Å². The highest BCUT2D eigenvalue weighted by molar-refractivity contribution is 6.42. The highest BCUT2D eigenvalue weighted by Crippen LogP contribution is 2.35. The third-order valence-corrected chi connectivity index (χ3v) is 4.60. The van der Waals surface area contributed by atoms with E-state index in [0.717, 1.165) is 18.5 Å². The summed E-state index contributed by atoms with van der Waals surface area (Å²) in [6.07, 6.45) is 1.14. The van der Waals surface area contributed by atoms with E-state index in [1.165, 1.54) is 5.56 Å².